The molecule has 2 N–H and O–H groups in total. The molecule has 0 aliphatic carbocycles. The standard InChI is InChI=1S/C29H31ClN4O3S/c1-2-3-20-37-26-14-6-21(7-15-26)27(35)32-29(38)31-24-10-12-25(13-11-24)33-16-18-34(19-17-33)28(36)22-4-8-23(30)9-5-22/h4-15H,2-3,16-20H2,1H3,(H2,31,32,35,38). The molecule has 3 aromatic rings. The highest BCUT2D eigenvalue weighted by Crippen LogP contribution is 2.21. The molecule has 7 nitrogen and oxygen atoms in total. The van der Waals surface area contributed by atoms with Gasteiger partial charge in [0.1, 0.15) is 5.75 Å². The van der Waals surface area contributed by atoms with E-state index in [0.717, 1.165) is 43.1 Å². The maximum Gasteiger partial charge on any atom is 0.257 e. The smallest absolute Gasteiger partial charge is 0.257 e. The number of hydrogen-bond donors (Lipinski definition) is 2. The Hall–Kier alpha value is -3.62. The van der Waals surface area contributed by atoms with Crippen LogP contribution in [0, 0.1) is 0 Å². The van der Waals surface area contributed by atoms with E-state index in [1.807, 2.05) is 29.2 Å². The van der Waals surface area contributed by atoms with Gasteiger partial charge in [0.05, 0.1) is 6.61 Å². The van der Waals surface area contributed by atoms with Gasteiger partial charge in [-0.15, -0.1) is 0 Å². The highest BCUT2D eigenvalue weighted by atomic mass is 35.5. The molecule has 0 unspecified atom stereocenters. The summed E-state index contributed by atoms with van der Waals surface area (Å²) in [6, 6.07) is 21.8. The predicted octanol–water partition coefficient (Wildman–Crippen LogP) is 5.61. The third kappa shape index (κ3) is 7.46. The fraction of sp³-hybridized carbons (Fsp3) is 0.276. The number of unbranched alkanes of at least 4 members (excludes halogenated alkanes) is 1. The number of nitrogens with zero attached hydrogens (tertiary/aromatic N) is 2. The number of amides is 2. The summed E-state index contributed by atoms with van der Waals surface area (Å²) in [6.07, 6.45) is 2.06. The van der Waals surface area contributed by atoms with Crippen LogP contribution in [0.15, 0.2) is 72.8 Å². The molecule has 0 aromatic heterocycles. The van der Waals surface area contributed by atoms with Crippen molar-refractivity contribution in [2.24, 2.45) is 0 Å². The summed E-state index contributed by atoms with van der Waals surface area (Å²) in [4.78, 5) is 29.4. The second-order valence-electron chi connectivity index (χ2n) is 8.97. The van der Waals surface area contributed by atoms with E-state index in [4.69, 9.17) is 28.6 Å². The van der Waals surface area contributed by atoms with E-state index >= 15 is 0 Å². The lowest BCUT2D eigenvalue weighted by atomic mass is 10.1. The molecule has 0 radical (unpaired) electrons. The average molecular weight is 551 g/mol. The lowest BCUT2D eigenvalue weighted by Gasteiger charge is -2.36. The zero-order valence-corrected chi connectivity index (χ0v) is 22.9. The fourth-order valence-electron chi connectivity index (χ4n) is 4.07. The van der Waals surface area contributed by atoms with Crippen molar-refractivity contribution < 1.29 is 14.3 Å². The molecule has 3 aromatic carbocycles. The van der Waals surface area contributed by atoms with Gasteiger partial charge in [0.15, 0.2) is 5.11 Å². The number of thiocarbonyl (C=S) groups is 1. The molecule has 0 spiro atoms. The first-order valence-corrected chi connectivity index (χ1v) is 13.5. The van der Waals surface area contributed by atoms with Gasteiger partial charge in [-0.05, 0) is 91.4 Å². The number of benzene rings is 3. The number of carbonyl (C=O) groups excluding carboxylic acids is 2. The van der Waals surface area contributed by atoms with Crippen molar-refractivity contribution in [2.75, 3.05) is 43.0 Å². The molecule has 1 saturated heterocycles. The Labute approximate surface area is 233 Å². The van der Waals surface area contributed by atoms with E-state index in [2.05, 4.69) is 22.5 Å². The first-order chi connectivity index (χ1) is 18.4. The van der Waals surface area contributed by atoms with Crippen molar-refractivity contribution in [3.8, 4) is 5.75 Å². The predicted molar refractivity (Wildman–Crippen MR) is 157 cm³/mol. The summed E-state index contributed by atoms with van der Waals surface area (Å²) in [5.74, 6) is 0.475. The van der Waals surface area contributed by atoms with E-state index in [1.54, 1.807) is 48.5 Å². The van der Waals surface area contributed by atoms with Crippen molar-refractivity contribution in [2.45, 2.75) is 19.8 Å². The monoisotopic (exact) mass is 550 g/mol. The molecule has 0 saturated carbocycles. The number of anilines is 2. The van der Waals surface area contributed by atoms with E-state index < -0.39 is 0 Å². The summed E-state index contributed by atoms with van der Waals surface area (Å²) >= 11 is 11.3. The SMILES string of the molecule is CCCCOc1ccc(C(=O)NC(=S)Nc2ccc(N3CCN(C(=O)c4ccc(Cl)cc4)CC3)cc2)cc1. The van der Waals surface area contributed by atoms with Crippen molar-refractivity contribution in [1.29, 1.82) is 0 Å². The van der Waals surface area contributed by atoms with Crippen molar-refractivity contribution in [3.63, 3.8) is 0 Å². The van der Waals surface area contributed by atoms with Crippen LogP contribution in [0.25, 0.3) is 0 Å². The molecule has 0 atom stereocenters. The Bertz CT molecular complexity index is 1240. The van der Waals surface area contributed by atoms with Crippen LogP contribution in [0.2, 0.25) is 5.02 Å². The summed E-state index contributed by atoms with van der Waals surface area (Å²) in [6.45, 7) is 5.53. The lowest BCUT2D eigenvalue weighted by Crippen LogP contribution is -2.48. The number of carbonyl (C=O) groups is 2. The Balaban J connectivity index is 1.23. The second-order valence-corrected chi connectivity index (χ2v) is 9.81. The number of hydrogen-bond acceptors (Lipinski definition) is 5. The van der Waals surface area contributed by atoms with Gasteiger partial charge in [0, 0.05) is 53.7 Å². The van der Waals surface area contributed by atoms with Gasteiger partial charge in [-0.25, -0.2) is 0 Å². The molecule has 38 heavy (non-hydrogen) atoms. The minimum atomic E-state index is -0.287. The lowest BCUT2D eigenvalue weighted by molar-refractivity contribution is 0.0746. The Morgan fingerprint density at radius 3 is 2.16 bits per heavy atom. The number of piperazine rings is 1. The summed E-state index contributed by atoms with van der Waals surface area (Å²) in [5.41, 5.74) is 2.98. The molecule has 9 heteroatoms. The van der Waals surface area contributed by atoms with E-state index in [9.17, 15) is 9.59 Å². The largest absolute Gasteiger partial charge is 0.494 e. The van der Waals surface area contributed by atoms with Gasteiger partial charge in [-0.2, -0.15) is 0 Å². The Kier molecular flexibility index (Phi) is 9.56. The average Bonchev–Trinajstić information content (AvgIpc) is 2.94. The summed E-state index contributed by atoms with van der Waals surface area (Å²) in [7, 11) is 0. The van der Waals surface area contributed by atoms with Crippen LogP contribution in [0.4, 0.5) is 11.4 Å². The van der Waals surface area contributed by atoms with E-state index in [0.29, 0.717) is 35.8 Å². The molecule has 1 aliphatic rings. The molecule has 0 bridgehead atoms. The van der Waals surface area contributed by atoms with Gasteiger partial charge in [0.25, 0.3) is 11.8 Å². The van der Waals surface area contributed by atoms with Gasteiger partial charge in [-0.3, -0.25) is 14.9 Å². The molecule has 1 aliphatic heterocycles. The van der Waals surface area contributed by atoms with Crippen LogP contribution in [-0.4, -0.2) is 54.6 Å². The number of halogens is 1. The fourth-order valence-corrected chi connectivity index (χ4v) is 4.41. The third-order valence-corrected chi connectivity index (χ3v) is 6.71. The number of nitrogens with one attached hydrogen (secondary N) is 2. The molecule has 2 amide bonds. The normalized spacial score (nSPS) is 13.1. The number of ether oxygens (including phenoxy) is 1. The molecular weight excluding hydrogens is 520 g/mol. The summed E-state index contributed by atoms with van der Waals surface area (Å²) < 4.78 is 5.64. The van der Waals surface area contributed by atoms with Crippen LogP contribution < -0.4 is 20.3 Å². The zero-order valence-electron chi connectivity index (χ0n) is 21.3. The maximum atomic E-state index is 12.7. The van der Waals surface area contributed by atoms with Crippen molar-refractivity contribution in [1.82, 2.24) is 10.2 Å². The van der Waals surface area contributed by atoms with Crippen LogP contribution in [0.3, 0.4) is 0 Å². The van der Waals surface area contributed by atoms with Crippen LogP contribution in [-0.2, 0) is 0 Å². The van der Waals surface area contributed by atoms with Crippen LogP contribution in [0.5, 0.6) is 5.75 Å². The van der Waals surface area contributed by atoms with Crippen LogP contribution in [0.1, 0.15) is 40.5 Å². The highest BCUT2D eigenvalue weighted by molar-refractivity contribution is 7.80. The molecule has 1 fully saturated rings. The molecule has 198 valence electrons. The zero-order chi connectivity index (χ0) is 26.9. The first-order valence-electron chi connectivity index (χ1n) is 12.7. The van der Waals surface area contributed by atoms with E-state index in [-0.39, 0.29) is 16.9 Å². The van der Waals surface area contributed by atoms with Gasteiger partial charge < -0.3 is 19.9 Å². The van der Waals surface area contributed by atoms with Crippen LogP contribution >= 0.6 is 23.8 Å². The first kappa shape index (κ1) is 27.4. The Morgan fingerprint density at radius 1 is 0.895 bits per heavy atom. The maximum absolute atomic E-state index is 12.7. The minimum Gasteiger partial charge on any atom is -0.494 e. The third-order valence-electron chi connectivity index (χ3n) is 6.26. The van der Waals surface area contributed by atoms with Gasteiger partial charge in [-0.1, -0.05) is 24.9 Å². The second kappa shape index (κ2) is 13.3. The van der Waals surface area contributed by atoms with Gasteiger partial charge >= 0.3 is 0 Å². The van der Waals surface area contributed by atoms with Gasteiger partial charge in [0.2, 0.25) is 0 Å². The number of rotatable bonds is 8. The Morgan fingerprint density at radius 2 is 1.53 bits per heavy atom. The minimum absolute atomic E-state index is 0.0210. The quantitative estimate of drug-likeness (QED) is 0.281. The highest BCUT2D eigenvalue weighted by Gasteiger charge is 2.22. The molecule has 4 rings (SSSR count). The van der Waals surface area contributed by atoms with E-state index in [1.165, 1.54) is 0 Å². The van der Waals surface area contributed by atoms with Crippen molar-refractivity contribution >= 4 is 52.1 Å². The topological polar surface area (TPSA) is 73.9 Å². The van der Waals surface area contributed by atoms with Crippen molar-refractivity contribution in [3.05, 3.63) is 88.9 Å². The molecule has 1 heterocycles. The summed E-state index contributed by atoms with van der Waals surface area (Å²) in [5, 5.41) is 6.61. The molecular formula is C29H31ClN4O3S.